The Labute approximate surface area is 267 Å². The fourth-order valence-corrected chi connectivity index (χ4v) is 4.26. The van der Waals surface area contributed by atoms with Gasteiger partial charge in [0, 0.05) is 71.5 Å². The minimum atomic E-state index is 0. The summed E-state index contributed by atoms with van der Waals surface area (Å²) in [5, 5.41) is 15.7. The highest BCUT2D eigenvalue weighted by atomic mass is 79.9. The fraction of sp³-hybridized carbons (Fsp3) is 0.536. The molecule has 0 atom stereocenters. The summed E-state index contributed by atoms with van der Waals surface area (Å²) in [6, 6.07) is 7.26. The summed E-state index contributed by atoms with van der Waals surface area (Å²) in [6.45, 7) is 9.89. The summed E-state index contributed by atoms with van der Waals surface area (Å²) >= 11 is 3.32. The van der Waals surface area contributed by atoms with Crippen molar-refractivity contribution in [2.75, 3.05) is 101 Å². The molecule has 3 aliphatic rings. The predicted molar refractivity (Wildman–Crippen MR) is 170 cm³/mol. The van der Waals surface area contributed by atoms with E-state index in [0.717, 1.165) is 95.0 Å². The molecule has 16 heteroatoms. The van der Waals surface area contributed by atoms with Crippen molar-refractivity contribution < 1.29 is 19.3 Å². The van der Waals surface area contributed by atoms with E-state index in [4.69, 9.17) is 30.3 Å². The lowest BCUT2D eigenvalue weighted by molar-refractivity contribution is 0.122. The largest absolute Gasteiger partial charge is 0.400 e. The first-order valence-corrected chi connectivity index (χ1v) is 14.6. The molecule has 0 bridgehead atoms. The Hall–Kier alpha value is -3.59. The molecule has 3 saturated heterocycles. The molecule has 0 aliphatic carbocycles. The number of halogens is 1. The maximum absolute atomic E-state index is 8.68. The first-order valence-electron chi connectivity index (χ1n) is 13.8. The molecule has 44 heavy (non-hydrogen) atoms. The van der Waals surface area contributed by atoms with E-state index in [1.54, 1.807) is 24.7 Å². The van der Waals surface area contributed by atoms with Gasteiger partial charge in [0.05, 0.1) is 45.3 Å². The topological polar surface area (TPSA) is 185 Å². The first-order chi connectivity index (χ1) is 21.2. The Morgan fingerprint density at radius 3 is 1.57 bits per heavy atom. The summed E-state index contributed by atoms with van der Waals surface area (Å²) in [6.07, 6.45) is 5.11. The SMILES string of the molecule is Brc1ccnc(N2CCOCC2)n1.C.CO.N#Cc1ccnc(N2CCOCC2)n1.NCc1ccnc(N2CCOCC2)n1. The lowest BCUT2D eigenvalue weighted by Gasteiger charge is -2.26. The summed E-state index contributed by atoms with van der Waals surface area (Å²) < 4.78 is 16.5. The molecule has 3 fully saturated rings. The van der Waals surface area contributed by atoms with Crippen molar-refractivity contribution in [2.24, 2.45) is 5.73 Å². The van der Waals surface area contributed by atoms with E-state index >= 15 is 0 Å². The Morgan fingerprint density at radius 2 is 1.14 bits per heavy atom. The third-order valence-corrected chi connectivity index (χ3v) is 6.60. The quantitative estimate of drug-likeness (QED) is 0.376. The van der Waals surface area contributed by atoms with E-state index in [0.29, 0.717) is 31.4 Å². The predicted octanol–water partition coefficient (Wildman–Crippen LogP) is 1.28. The van der Waals surface area contributed by atoms with Crippen LogP contribution in [-0.2, 0) is 20.8 Å². The van der Waals surface area contributed by atoms with Crippen molar-refractivity contribution in [2.45, 2.75) is 14.0 Å². The van der Waals surface area contributed by atoms with E-state index in [9.17, 15) is 0 Å². The third-order valence-electron chi connectivity index (χ3n) is 6.16. The van der Waals surface area contributed by atoms with Crippen LogP contribution in [0.3, 0.4) is 0 Å². The summed E-state index contributed by atoms with van der Waals surface area (Å²) in [4.78, 5) is 31.5. The van der Waals surface area contributed by atoms with E-state index in [1.807, 2.05) is 23.1 Å². The van der Waals surface area contributed by atoms with Crippen LogP contribution in [0.1, 0.15) is 18.8 Å². The lowest BCUT2D eigenvalue weighted by Crippen LogP contribution is -2.37. The van der Waals surface area contributed by atoms with Crippen molar-refractivity contribution >= 4 is 33.8 Å². The molecule has 15 nitrogen and oxygen atoms in total. The van der Waals surface area contributed by atoms with Gasteiger partial charge in [-0.05, 0) is 34.1 Å². The standard InChI is InChI=1S/C9H14N4O.C9H10N4O.C8H10BrN3O.CH4O.CH4/c2*10-7-8-1-2-11-9(12-8)13-3-5-14-6-4-13;9-7-1-2-10-8(11-7)12-3-5-13-6-4-12;1-2;/h1-2H,3-7,10H2;1-2H,3-6H2;1-2H,3-6H2;2H,1H3;1H4. The van der Waals surface area contributed by atoms with Crippen LogP contribution in [0.2, 0.25) is 0 Å². The van der Waals surface area contributed by atoms with Crippen molar-refractivity contribution in [3.8, 4) is 6.07 Å². The average Bonchev–Trinajstić information content (AvgIpc) is 3.11. The van der Waals surface area contributed by atoms with Gasteiger partial charge in [-0.25, -0.2) is 29.9 Å². The minimum Gasteiger partial charge on any atom is -0.400 e. The highest BCUT2D eigenvalue weighted by Crippen LogP contribution is 2.13. The Balaban J connectivity index is 0.000000221. The van der Waals surface area contributed by atoms with Crippen LogP contribution in [0.25, 0.3) is 0 Å². The summed E-state index contributed by atoms with van der Waals surface area (Å²) in [7, 11) is 1.00. The monoisotopic (exact) mass is 675 g/mol. The number of nitrogens with zero attached hydrogens (tertiary/aromatic N) is 10. The van der Waals surface area contributed by atoms with Gasteiger partial charge in [0.1, 0.15) is 16.4 Å². The number of morpholine rings is 3. The maximum Gasteiger partial charge on any atom is 0.226 e. The Bertz CT molecular complexity index is 1250. The molecule has 0 aromatic carbocycles. The number of aromatic nitrogens is 6. The molecular formula is C28H42BrN11O4. The number of hydrogen-bond acceptors (Lipinski definition) is 15. The first kappa shape index (κ1) is 36.6. The van der Waals surface area contributed by atoms with Gasteiger partial charge < -0.3 is 39.8 Å². The van der Waals surface area contributed by atoms with Crippen molar-refractivity contribution in [3.63, 3.8) is 0 Å². The molecule has 0 spiro atoms. The normalized spacial score (nSPS) is 15.9. The van der Waals surface area contributed by atoms with Gasteiger partial charge in [0.15, 0.2) is 0 Å². The van der Waals surface area contributed by atoms with Crippen LogP contribution in [0.15, 0.2) is 41.4 Å². The zero-order chi connectivity index (χ0) is 30.7. The second-order valence-corrected chi connectivity index (χ2v) is 9.70. The molecule has 3 aromatic heterocycles. The van der Waals surface area contributed by atoms with Gasteiger partial charge in [-0.3, -0.25) is 0 Å². The van der Waals surface area contributed by atoms with Gasteiger partial charge in [-0.2, -0.15) is 5.26 Å². The number of aliphatic hydroxyl groups is 1. The molecule has 3 N–H and O–H groups in total. The van der Waals surface area contributed by atoms with E-state index < -0.39 is 0 Å². The molecule has 3 aromatic rings. The zero-order valence-corrected chi connectivity index (χ0v) is 25.8. The Kier molecular flexibility index (Phi) is 17.6. The third kappa shape index (κ3) is 12.2. The number of nitriles is 1. The summed E-state index contributed by atoms with van der Waals surface area (Å²) in [5.74, 6) is 2.15. The minimum absolute atomic E-state index is 0. The average molecular weight is 677 g/mol. The molecule has 3 aliphatic heterocycles. The van der Waals surface area contributed by atoms with Gasteiger partial charge in [-0.1, -0.05) is 7.43 Å². The highest BCUT2D eigenvalue weighted by molar-refractivity contribution is 9.10. The number of nitrogens with two attached hydrogens (primary N) is 1. The van der Waals surface area contributed by atoms with Gasteiger partial charge >= 0.3 is 0 Å². The molecule has 0 unspecified atom stereocenters. The molecule has 6 heterocycles. The number of aliphatic hydroxyl groups excluding tert-OH is 1. The smallest absolute Gasteiger partial charge is 0.226 e. The van der Waals surface area contributed by atoms with Crippen LogP contribution in [0.5, 0.6) is 0 Å². The summed E-state index contributed by atoms with van der Waals surface area (Å²) in [5.41, 5.74) is 6.80. The van der Waals surface area contributed by atoms with Crippen LogP contribution in [-0.4, -0.2) is 121 Å². The van der Waals surface area contributed by atoms with Crippen LogP contribution in [0.4, 0.5) is 17.8 Å². The van der Waals surface area contributed by atoms with E-state index in [2.05, 4.69) is 55.6 Å². The van der Waals surface area contributed by atoms with Crippen molar-refractivity contribution in [1.82, 2.24) is 29.9 Å². The number of ether oxygens (including phenoxy) is 3. The number of hydrogen-bond donors (Lipinski definition) is 2. The maximum atomic E-state index is 8.68. The molecular weight excluding hydrogens is 634 g/mol. The van der Waals surface area contributed by atoms with Crippen LogP contribution in [0, 0.1) is 11.3 Å². The second-order valence-electron chi connectivity index (χ2n) is 8.88. The molecule has 240 valence electrons. The van der Waals surface area contributed by atoms with Crippen molar-refractivity contribution in [3.05, 3.63) is 52.8 Å². The van der Waals surface area contributed by atoms with E-state index in [-0.39, 0.29) is 7.43 Å². The van der Waals surface area contributed by atoms with E-state index in [1.165, 1.54) is 0 Å². The highest BCUT2D eigenvalue weighted by Gasteiger charge is 2.15. The molecule has 0 saturated carbocycles. The lowest BCUT2D eigenvalue weighted by atomic mass is 10.4. The van der Waals surface area contributed by atoms with Gasteiger partial charge in [0.25, 0.3) is 0 Å². The Morgan fingerprint density at radius 1 is 0.727 bits per heavy atom. The molecule has 0 amide bonds. The zero-order valence-electron chi connectivity index (χ0n) is 24.3. The fourth-order valence-electron chi connectivity index (χ4n) is 3.98. The van der Waals surface area contributed by atoms with Gasteiger partial charge in [0.2, 0.25) is 17.8 Å². The molecule has 0 radical (unpaired) electrons. The van der Waals surface area contributed by atoms with Crippen LogP contribution >= 0.6 is 15.9 Å². The number of anilines is 3. The van der Waals surface area contributed by atoms with Crippen LogP contribution < -0.4 is 20.4 Å². The molecule has 6 rings (SSSR count). The number of rotatable bonds is 4. The van der Waals surface area contributed by atoms with Gasteiger partial charge in [-0.15, -0.1) is 0 Å². The van der Waals surface area contributed by atoms with Crippen molar-refractivity contribution in [1.29, 1.82) is 5.26 Å². The second kappa shape index (κ2) is 21.2.